The molecule has 1 amide bonds. The number of aromatic nitrogens is 1. The number of carbonyl (C=O) groups excluding carboxylic acids is 1. The summed E-state index contributed by atoms with van der Waals surface area (Å²) in [4.78, 5) is 16.3. The highest BCUT2D eigenvalue weighted by Crippen LogP contribution is 2.29. The van der Waals surface area contributed by atoms with Gasteiger partial charge in [-0.05, 0) is 12.5 Å². The Morgan fingerprint density at radius 1 is 1.39 bits per heavy atom. The summed E-state index contributed by atoms with van der Waals surface area (Å²) in [5, 5.41) is 0. The quantitative estimate of drug-likeness (QED) is 0.856. The van der Waals surface area contributed by atoms with E-state index in [0.29, 0.717) is 0 Å². The summed E-state index contributed by atoms with van der Waals surface area (Å²) in [6.07, 6.45) is 0.287. The summed E-state index contributed by atoms with van der Waals surface area (Å²) in [5.74, 6) is 0.588. The van der Waals surface area contributed by atoms with Gasteiger partial charge in [-0.1, -0.05) is 42.1 Å². The Kier molecular flexibility index (Phi) is 4.38. The fourth-order valence-corrected chi connectivity index (χ4v) is 3.70. The largest absolute Gasteiger partial charge is 0.369 e. The van der Waals surface area contributed by atoms with Gasteiger partial charge in [0.2, 0.25) is 5.91 Å². The number of nitrogens with two attached hydrogens (primary N) is 1. The Morgan fingerprint density at radius 2 is 2.11 bits per heavy atom. The van der Waals surface area contributed by atoms with E-state index < -0.39 is 0 Å². The van der Waals surface area contributed by atoms with Crippen LogP contribution in [0, 0.1) is 6.92 Å². The number of hydrogen-bond acceptors (Lipinski definition) is 4. The molecule has 1 heterocycles. The zero-order valence-corrected chi connectivity index (χ0v) is 11.7. The number of nitrogens with zero attached hydrogens (tertiary/aromatic N) is 1. The third kappa shape index (κ3) is 3.58. The van der Waals surface area contributed by atoms with Gasteiger partial charge in [-0.15, -0.1) is 11.3 Å². The lowest BCUT2D eigenvalue weighted by atomic mass is 10.2. The van der Waals surface area contributed by atoms with Crippen molar-refractivity contribution in [2.75, 3.05) is 0 Å². The van der Waals surface area contributed by atoms with Crippen molar-refractivity contribution in [1.82, 2.24) is 4.98 Å². The van der Waals surface area contributed by atoms with E-state index in [0.717, 1.165) is 20.7 Å². The normalized spacial score (nSPS) is 10.5. The maximum atomic E-state index is 10.9. The minimum absolute atomic E-state index is 0.287. The SMILES string of the molecule is Cc1nc(SCc2ccccc2)sc1CC(N)=O. The predicted octanol–water partition coefficient (Wildman–Crippen LogP) is 2.77. The molecule has 18 heavy (non-hydrogen) atoms. The van der Waals surface area contributed by atoms with E-state index in [9.17, 15) is 4.79 Å². The molecule has 0 aliphatic carbocycles. The summed E-state index contributed by atoms with van der Waals surface area (Å²) in [5.41, 5.74) is 7.38. The molecule has 0 spiro atoms. The fourth-order valence-electron chi connectivity index (χ4n) is 1.50. The van der Waals surface area contributed by atoms with Gasteiger partial charge in [0.05, 0.1) is 12.1 Å². The number of hydrogen-bond donors (Lipinski definition) is 1. The molecule has 0 radical (unpaired) electrons. The first-order valence-corrected chi connectivity index (χ1v) is 7.36. The van der Waals surface area contributed by atoms with Gasteiger partial charge in [0.25, 0.3) is 0 Å². The van der Waals surface area contributed by atoms with E-state index in [2.05, 4.69) is 17.1 Å². The lowest BCUT2D eigenvalue weighted by Crippen LogP contribution is -2.13. The molecule has 0 saturated heterocycles. The lowest BCUT2D eigenvalue weighted by Gasteiger charge is -1.97. The predicted molar refractivity (Wildman–Crippen MR) is 75.8 cm³/mol. The van der Waals surface area contributed by atoms with Gasteiger partial charge in [0.1, 0.15) is 0 Å². The molecule has 0 bridgehead atoms. The minimum atomic E-state index is -0.304. The fraction of sp³-hybridized carbons (Fsp3) is 0.231. The monoisotopic (exact) mass is 278 g/mol. The first kappa shape index (κ1) is 13.1. The number of thiazole rings is 1. The van der Waals surface area contributed by atoms with Crippen molar-refractivity contribution < 1.29 is 4.79 Å². The van der Waals surface area contributed by atoms with Crippen LogP contribution in [0.2, 0.25) is 0 Å². The summed E-state index contributed by atoms with van der Waals surface area (Å²) in [6, 6.07) is 10.3. The number of benzene rings is 1. The van der Waals surface area contributed by atoms with Crippen LogP contribution in [0.4, 0.5) is 0 Å². The van der Waals surface area contributed by atoms with Crippen molar-refractivity contribution in [1.29, 1.82) is 0 Å². The highest BCUT2D eigenvalue weighted by Gasteiger charge is 2.10. The van der Waals surface area contributed by atoms with E-state index in [4.69, 9.17) is 5.73 Å². The second-order valence-corrected chi connectivity index (χ2v) is 6.21. The van der Waals surface area contributed by atoms with Gasteiger partial charge in [0, 0.05) is 10.6 Å². The van der Waals surface area contributed by atoms with Crippen LogP contribution in [0.15, 0.2) is 34.7 Å². The first-order chi connectivity index (χ1) is 8.65. The van der Waals surface area contributed by atoms with Crippen molar-refractivity contribution in [3.05, 3.63) is 46.5 Å². The molecule has 1 aromatic heterocycles. The van der Waals surface area contributed by atoms with Crippen LogP contribution in [-0.2, 0) is 17.0 Å². The lowest BCUT2D eigenvalue weighted by molar-refractivity contribution is -0.117. The smallest absolute Gasteiger partial charge is 0.222 e. The van der Waals surface area contributed by atoms with Crippen LogP contribution in [0.5, 0.6) is 0 Å². The number of rotatable bonds is 5. The van der Waals surface area contributed by atoms with Crippen LogP contribution in [-0.4, -0.2) is 10.9 Å². The van der Waals surface area contributed by atoms with Gasteiger partial charge in [0.15, 0.2) is 4.34 Å². The van der Waals surface area contributed by atoms with Crippen molar-refractivity contribution >= 4 is 29.0 Å². The molecule has 0 aliphatic rings. The average Bonchev–Trinajstić information content (AvgIpc) is 2.68. The second-order valence-electron chi connectivity index (χ2n) is 3.91. The Hall–Kier alpha value is -1.33. The maximum absolute atomic E-state index is 10.9. The number of thioether (sulfide) groups is 1. The highest BCUT2D eigenvalue weighted by atomic mass is 32.2. The standard InChI is InChI=1S/C13H14N2OS2/c1-9-11(7-12(14)16)18-13(15-9)17-8-10-5-3-2-4-6-10/h2-6H,7-8H2,1H3,(H2,14,16). The zero-order valence-electron chi connectivity index (χ0n) is 10.1. The van der Waals surface area contributed by atoms with Crippen molar-refractivity contribution in [2.24, 2.45) is 5.73 Å². The molecule has 0 unspecified atom stereocenters. The topological polar surface area (TPSA) is 56.0 Å². The van der Waals surface area contributed by atoms with E-state index in [1.807, 2.05) is 25.1 Å². The maximum Gasteiger partial charge on any atom is 0.222 e. The number of primary amides is 1. The third-order valence-electron chi connectivity index (χ3n) is 2.41. The van der Waals surface area contributed by atoms with Gasteiger partial charge in [-0.3, -0.25) is 4.79 Å². The molecule has 2 N–H and O–H groups in total. The molecule has 2 aromatic rings. The molecule has 5 heteroatoms. The average molecular weight is 278 g/mol. The highest BCUT2D eigenvalue weighted by molar-refractivity contribution is 8.00. The summed E-state index contributed by atoms with van der Waals surface area (Å²) in [7, 11) is 0. The van der Waals surface area contributed by atoms with Gasteiger partial charge in [-0.25, -0.2) is 4.98 Å². The number of aryl methyl sites for hydroxylation is 1. The molecule has 0 saturated carbocycles. The van der Waals surface area contributed by atoms with E-state index in [1.165, 1.54) is 5.56 Å². The summed E-state index contributed by atoms with van der Waals surface area (Å²) >= 11 is 3.25. The minimum Gasteiger partial charge on any atom is -0.369 e. The van der Waals surface area contributed by atoms with Crippen molar-refractivity contribution in [2.45, 2.75) is 23.4 Å². The third-order valence-corrected chi connectivity index (χ3v) is 4.78. The number of amides is 1. The molecule has 2 rings (SSSR count). The van der Waals surface area contributed by atoms with Gasteiger partial charge >= 0.3 is 0 Å². The van der Waals surface area contributed by atoms with Crippen LogP contribution in [0.25, 0.3) is 0 Å². The summed E-state index contributed by atoms with van der Waals surface area (Å²) < 4.78 is 0.993. The van der Waals surface area contributed by atoms with Crippen LogP contribution in [0.3, 0.4) is 0 Å². The van der Waals surface area contributed by atoms with E-state index >= 15 is 0 Å². The molecule has 0 atom stereocenters. The van der Waals surface area contributed by atoms with Gasteiger partial charge in [-0.2, -0.15) is 0 Å². The Bertz CT molecular complexity index is 537. The van der Waals surface area contributed by atoms with Crippen LogP contribution in [0.1, 0.15) is 16.1 Å². The first-order valence-electron chi connectivity index (χ1n) is 5.56. The zero-order chi connectivity index (χ0) is 13.0. The molecular weight excluding hydrogens is 264 g/mol. The van der Waals surface area contributed by atoms with Crippen LogP contribution >= 0.6 is 23.1 Å². The molecule has 3 nitrogen and oxygen atoms in total. The molecule has 0 fully saturated rings. The van der Waals surface area contributed by atoms with Crippen molar-refractivity contribution in [3.63, 3.8) is 0 Å². The molecular formula is C13H14N2OS2. The van der Waals surface area contributed by atoms with E-state index in [1.54, 1.807) is 23.1 Å². The summed E-state index contributed by atoms with van der Waals surface area (Å²) in [6.45, 7) is 1.92. The van der Waals surface area contributed by atoms with Crippen LogP contribution < -0.4 is 5.73 Å². The molecule has 1 aromatic carbocycles. The number of carbonyl (C=O) groups is 1. The second kappa shape index (κ2) is 6.02. The molecule has 94 valence electrons. The van der Waals surface area contributed by atoms with Crippen molar-refractivity contribution in [3.8, 4) is 0 Å². The molecule has 0 aliphatic heterocycles. The Labute approximate surface area is 114 Å². The van der Waals surface area contributed by atoms with Gasteiger partial charge < -0.3 is 5.73 Å². The van der Waals surface area contributed by atoms with E-state index in [-0.39, 0.29) is 12.3 Å². The Morgan fingerprint density at radius 3 is 2.78 bits per heavy atom. The Balaban J connectivity index is 2.00.